The van der Waals surface area contributed by atoms with E-state index in [4.69, 9.17) is 4.74 Å². The molecule has 1 amide bonds. The van der Waals surface area contributed by atoms with Gasteiger partial charge in [-0.05, 0) is 19.8 Å². The zero-order chi connectivity index (χ0) is 19.6. The third kappa shape index (κ3) is 2.35. The molecule has 0 radical (unpaired) electrons. The second-order valence-electron chi connectivity index (χ2n) is 7.48. The monoisotopic (exact) mass is 378 g/mol. The minimum Gasteiger partial charge on any atom is -0.492 e. The van der Waals surface area contributed by atoms with Crippen LogP contribution in [0.1, 0.15) is 19.8 Å². The van der Waals surface area contributed by atoms with Crippen molar-refractivity contribution in [2.24, 2.45) is 5.92 Å². The summed E-state index contributed by atoms with van der Waals surface area (Å²) in [6.45, 7) is 1.00. The molecule has 3 heterocycles. The Bertz CT molecular complexity index is 800. The Morgan fingerprint density at radius 1 is 1.26 bits per heavy atom. The second kappa shape index (κ2) is 6.23. The number of carbonyl (C=O) groups excluding carboxylic acids is 3. The predicted molar refractivity (Wildman–Crippen MR) is 89.9 cm³/mol. The molecule has 4 rings (SSSR count). The van der Waals surface area contributed by atoms with Crippen molar-refractivity contribution in [3.8, 4) is 0 Å². The molecule has 4 N–H and O–H groups in total. The number of rotatable bonds is 3. The van der Waals surface area contributed by atoms with Crippen LogP contribution in [0.2, 0.25) is 0 Å². The Morgan fingerprint density at radius 3 is 2.56 bits per heavy atom. The van der Waals surface area contributed by atoms with Gasteiger partial charge in [-0.3, -0.25) is 14.4 Å². The van der Waals surface area contributed by atoms with Crippen LogP contribution in [0, 0.1) is 5.92 Å². The molecule has 27 heavy (non-hydrogen) atoms. The summed E-state index contributed by atoms with van der Waals surface area (Å²) in [5.74, 6) is -1.77. The van der Waals surface area contributed by atoms with Gasteiger partial charge in [0.15, 0.2) is 17.8 Å². The predicted octanol–water partition coefficient (Wildman–Crippen LogP) is -2.01. The van der Waals surface area contributed by atoms with Gasteiger partial charge in [0, 0.05) is 28.7 Å². The number of carbonyl (C=O) groups is 3. The fraction of sp³-hybridized carbons (Fsp3) is 0.611. The molecule has 3 aliphatic heterocycles. The van der Waals surface area contributed by atoms with Gasteiger partial charge in [-0.15, -0.1) is 0 Å². The van der Waals surface area contributed by atoms with Gasteiger partial charge in [-0.2, -0.15) is 0 Å². The van der Waals surface area contributed by atoms with E-state index in [1.54, 1.807) is 0 Å². The van der Waals surface area contributed by atoms with E-state index in [1.807, 2.05) is 0 Å². The highest BCUT2D eigenvalue weighted by molar-refractivity contribution is 6.25. The molecule has 0 saturated carbocycles. The van der Waals surface area contributed by atoms with Crippen molar-refractivity contribution >= 4 is 17.5 Å². The van der Waals surface area contributed by atoms with E-state index in [9.17, 15) is 29.7 Å². The topological polar surface area (TPSA) is 136 Å². The normalized spacial score (nSPS) is 35.9. The van der Waals surface area contributed by atoms with Gasteiger partial charge in [0.2, 0.25) is 11.7 Å². The number of aliphatic hydroxyl groups is 3. The first-order chi connectivity index (χ1) is 12.8. The Kier molecular flexibility index (Phi) is 4.22. The number of fused-ring (bicyclic) bond motifs is 4. The zero-order valence-electron chi connectivity index (χ0n) is 15.0. The van der Waals surface area contributed by atoms with E-state index in [0.29, 0.717) is 0 Å². The number of aliphatic hydroxyl groups excluding tert-OH is 2. The summed E-state index contributed by atoms with van der Waals surface area (Å²) in [6.07, 6.45) is -1.24. The summed E-state index contributed by atoms with van der Waals surface area (Å²) in [6, 6.07) is -2.55. The number of hydrogen-bond donors (Lipinski definition) is 4. The summed E-state index contributed by atoms with van der Waals surface area (Å²) in [4.78, 5) is 40.2. The lowest BCUT2D eigenvalue weighted by Gasteiger charge is -2.49. The van der Waals surface area contributed by atoms with Gasteiger partial charge in [-0.25, -0.2) is 0 Å². The largest absolute Gasteiger partial charge is 0.492 e. The highest BCUT2D eigenvalue weighted by atomic mass is 16.5. The summed E-state index contributed by atoms with van der Waals surface area (Å²) in [5, 5.41) is 32.6. The van der Waals surface area contributed by atoms with E-state index in [0.717, 1.165) is 0 Å². The number of methoxy groups -OCH3 is 1. The number of amides is 1. The molecule has 0 aromatic rings. The quantitative estimate of drug-likeness (QED) is 0.327. The summed E-state index contributed by atoms with van der Waals surface area (Å²) >= 11 is 0. The third-order valence-electron chi connectivity index (χ3n) is 6.26. The minimum atomic E-state index is -1.60. The van der Waals surface area contributed by atoms with Crippen LogP contribution >= 0.6 is 0 Å². The molecule has 0 aromatic heterocycles. The summed E-state index contributed by atoms with van der Waals surface area (Å²) in [7, 11) is 1.30. The number of nitrogens with zero attached hydrogens (tertiary/aromatic N) is 1. The standard InChI is InChI=1S/C18H22N2O7/c1-6-14(22)7-4-10-13-8(18(25)26)3-9(19-13)17(24)20(10)11(5-21)12(7)15(23)16(6)27-2/h8-11,13,18-19,21,25-26H,3-5H2,1-2H3/t8-,9+,10+,11+,13-/m1/s1. The lowest BCUT2D eigenvalue weighted by molar-refractivity contribution is -0.144. The highest BCUT2D eigenvalue weighted by Crippen LogP contribution is 2.43. The molecular weight excluding hydrogens is 356 g/mol. The number of ketones is 2. The van der Waals surface area contributed by atoms with Crippen molar-refractivity contribution in [3.05, 3.63) is 22.5 Å². The van der Waals surface area contributed by atoms with Crippen LogP contribution < -0.4 is 5.32 Å². The van der Waals surface area contributed by atoms with Crippen molar-refractivity contribution < 1.29 is 34.4 Å². The first-order valence-electron chi connectivity index (χ1n) is 8.94. The third-order valence-corrected chi connectivity index (χ3v) is 6.26. The van der Waals surface area contributed by atoms with Crippen molar-refractivity contribution in [1.29, 1.82) is 0 Å². The molecule has 2 saturated heterocycles. The Balaban J connectivity index is 1.82. The number of nitrogens with one attached hydrogen (secondary N) is 1. The van der Waals surface area contributed by atoms with Gasteiger partial charge in [0.25, 0.3) is 0 Å². The van der Waals surface area contributed by atoms with Crippen LogP contribution in [0.4, 0.5) is 0 Å². The maximum atomic E-state index is 13.0. The molecule has 2 fully saturated rings. The maximum absolute atomic E-state index is 13.0. The van der Waals surface area contributed by atoms with Crippen molar-refractivity contribution in [2.45, 2.75) is 50.2 Å². The van der Waals surface area contributed by atoms with Gasteiger partial charge < -0.3 is 30.3 Å². The van der Waals surface area contributed by atoms with Crippen LogP contribution in [0.15, 0.2) is 22.5 Å². The van der Waals surface area contributed by atoms with Gasteiger partial charge >= 0.3 is 0 Å². The van der Waals surface area contributed by atoms with E-state index < -0.39 is 48.8 Å². The fourth-order valence-corrected chi connectivity index (χ4v) is 5.05. The molecular formula is C18H22N2O7. The van der Waals surface area contributed by atoms with Crippen LogP contribution in [0.25, 0.3) is 0 Å². The molecule has 9 heteroatoms. The van der Waals surface area contributed by atoms with Crippen LogP contribution in [0.3, 0.4) is 0 Å². The molecule has 1 aliphatic carbocycles. The fourth-order valence-electron chi connectivity index (χ4n) is 5.05. The molecule has 0 spiro atoms. The molecule has 5 atom stereocenters. The second-order valence-corrected chi connectivity index (χ2v) is 7.48. The number of piperazine rings is 1. The number of hydrogen-bond acceptors (Lipinski definition) is 8. The lowest BCUT2D eigenvalue weighted by Crippen LogP contribution is -2.68. The lowest BCUT2D eigenvalue weighted by atomic mass is 9.75. The number of allylic oxidation sites excluding steroid dienone is 2. The zero-order valence-corrected chi connectivity index (χ0v) is 15.0. The Morgan fingerprint density at radius 2 is 1.96 bits per heavy atom. The highest BCUT2D eigenvalue weighted by Gasteiger charge is 2.57. The van der Waals surface area contributed by atoms with E-state index in [2.05, 4.69) is 5.32 Å². The van der Waals surface area contributed by atoms with Crippen molar-refractivity contribution in [1.82, 2.24) is 10.2 Å². The van der Waals surface area contributed by atoms with Crippen molar-refractivity contribution in [3.63, 3.8) is 0 Å². The van der Waals surface area contributed by atoms with Gasteiger partial charge in [-0.1, -0.05) is 0 Å². The molecule has 9 nitrogen and oxygen atoms in total. The molecule has 0 aromatic carbocycles. The van der Waals surface area contributed by atoms with E-state index in [-0.39, 0.29) is 47.0 Å². The molecule has 4 aliphatic rings. The number of ether oxygens (including phenoxy) is 1. The van der Waals surface area contributed by atoms with Crippen LogP contribution in [-0.4, -0.2) is 81.9 Å². The number of Topliss-reactive ketones (excluding diaryl/α,β-unsaturated/α-hetero) is 2. The summed E-state index contributed by atoms with van der Waals surface area (Å²) < 4.78 is 5.11. The smallest absolute Gasteiger partial charge is 0.240 e. The molecule has 0 unspecified atom stereocenters. The van der Waals surface area contributed by atoms with E-state index >= 15 is 0 Å². The average molecular weight is 378 g/mol. The Labute approximate surface area is 155 Å². The van der Waals surface area contributed by atoms with Gasteiger partial charge in [0.1, 0.15) is 0 Å². The van der Waals surface area contributed by atoms with Crippen LogP contribution in [-0.2, 0) is 19.1 Å². The SMILES string of the molecule is COC1=C(C)C(=O)C2=C(C1=O)[C@H](CO)N1C(=O)[C@@H]3C[C@@H](C(O)O)[C@@H](N3)[C@@H]1C2. The first kappa shape index (κ1) is 18.3. The summed E-state index contributed by atoms with van der Waals surface area (Å²) in [5.41, 5.74) is 0.575. The molecule has 146 valence electrons. The maximum Gasteiger partial charge on any atom is 0.240 e. The first-order valence-corrected chi connectivity index (χ1v) is 8.94. The molecule has 2 bridgehead atoms. The van der Waals surface area contributed by atoms with Crippen LogP contribution in [0.5, 0.6) is 0 Å². The minimum absolute atomic E-state index is 0.0649. The van der Waals surface area contributed by atoms with Gasteiger partial charge in [0.05, 0.1) is 31.8 Å². The van der Waals surface area contributed by atoms with E-state index in [1.165, 1.54) is 18.9 Å². The Hall–Kier alpha value is -2.07. The average Bonchev–Trinajstić information content (AvgIpc) is 3.05. The van der Waals surface area contributed by atoms with Crippen molar-refractivity contribution in [2.75, 3.05) is 13.7 Å².